The predicted molar refractivity (Wildman–Crippen MR) is 151 cm³/mol. The molecule has 1 aromatic carbocycles. The molecule has 4 heterocycles. The zero-order chi connectivity index (χ0) is 27.4. The van der Waals surface area contributed by atoms with Gasteiger partial charge in [-0.1, -0.05) is 12.5 Å². The first-order chi connectivity index (χ1) is 18.7. The van der Waals surface area contributed by atoms with E-state index in [4.69, 9.17) is 4.74 Å². The third-order valence-corrected chi connectivity index (χ3v) is 9.70. The molecule has 0 atom stereocenters. The third kappa shape index (κ3) is 4.42. The molecule has 0 radical (unpaired) electrons. The molecule has 3 aromatic rings. The van der Waals surface area contributed by atoms with E-state index in [0.717, 1.165) is 71.9 Å². The van der Waals surface area contributed by atoms with Crippen LogP contribution in [0.25, 0.3) is 22.0 Å². The Bertz CT molecular complexity index is 1550. The van der Waals surface area contributed by atoms with E-state index < -0.39 is 15.6 Å². The lowest BCUT2D eigenvalue weighted by Gasteiger charge is -2.37. The van der Waals surface area contributed by atoms with Crippen molar-refractivity contribution in [2.75, 3.05) is 57.0 Å². The second-order valence-corrected chi connectivity index (χ2v) is 12.7. The number of hydrogen-bond acceptors (Lipinski definition) is 7. The summed E-state index contributed by atoms with van der Waals surface area (Å²) in [5.41, 5.74) is 4.21. The lowest BCUT2D eigenvalue weighted by molar-refractivity contribution is -0.125. The predicted octanol–water partition coefficient (Wildman–Crippen LogP) is 3.39. The van der Waals surface area contributed by atoms with Crippen molar-refractivity contribution < 1.29 is 17.9 Å². The van der Waals surface area contributed by atoms with Crippen LogP contribution in [0.1, 0.15) is 37.7 Å². The molecule has 11 heteroatoms. The normalized spacial score (nSPS) is 18.4. The van der Waals surface area contributed by atoms with Crippen molar-refractivity contribution in [2.24, 2.45) is 0 Å². The number of carbonyl (C=O) groups excluding carboxylic acids is 1. The van der Waals surface area contributed by atoms with Gasteiger partial charge in [-0.15, -0.1) is 0 Å². The number of ether oxygens (including phenoxy) is 1. The Balaban J connectivity index is 1.39. The van der Waals surface area contributed by atoms with Gasteiger partial charge in [-0.25, -0.2) is 4.98 Å². The summed E-state index contributed by atoms with van der Waals surface area (Å²) >= 11 is 0. The minimum Gasteiger partial charge on any atom is -0.476 e. The summed E-state index contributed by atoms with van der Waals surface area (Å²) in [4.78, 5) is 26.2. The van der Waals surface area contributed by atoms with Gasteiger partial charge in [0, 0.05) is 49.4 Å². The second kappa shape index (κ2) is 9.72. The molecule has 39 heavy (non-hydrogen) atoms. The molecular weight excluding hydrogens is 516 g/mol. The van der Waals surface area contributed by atoms with Gasteiger partial charge in [-0.2, -0.15) is 12.7 Å². The molecule has 1 saturated heterocycles. The molecule has 1 saturated carbocycles. The summed E-state index contributed by atoms with van der Waals surface area (Å²) in [6.07, 6.45) is 7.86. The van der Waals surface area contributed by atoms with Crippen LogP contribution in [0.5, 0.6) is 5.88 Å². The SMILES string of the molecule is CN(C)CCCOc1ncc(-c2ccc3ncc4c(c3c2)C2(CCC2)C(=O)N4C)cc1NS(=O)(=O)N1CCC1. The number of nitrogens with one attached hydrogen (secondary N) is 1. The number of anilines is 2. The summed E-state index contributed by atoms with van der Waals surface area (Å²) in [5, 5.41) is 0.953. The Morgan fingerprint density at radius 2 is 1.87 bits per heavy atom. The first-order valence-corrected chi connectivity index (χ1v) is 14.9. The van der Waals surface area contributed by atoms with Crippen molar-refractivity contribution in [1.29, 1.82) is 0 Å². The van der Waals surface area contributed by atoms with E-state index in [1.54, 1.807) is 23.4 Å². The van der Waals surface area contributed by atoms with Crippen LogP contribution in [0, 0.1) is 0 Å². The van der Waals surface area contributed by atoms with Crippen LogP contribution in [-0.2, 0) is 20.4 Å². The van der Waals surface area contributed by atoms with E-state index in [0.29, 0.717) is 25.4 Å². The van der Waals surface area contributed by atoms with E-state index in [1.165, 1.54) is 4.31 Å². The Labute approximate surface area is 229 Å². The Morgan fingerprint density at radius 3 is 2.54 bits per heavy atom. The molecule has 2 aromatic heterocycles. The first kappa shape index (κ1) is 26.0. The van der Waals surface area contributed by atoms with E-state index in [2.05, 4.69) is 25.7 Å². The van der Waals surface area contributed by atoms with Crippen LogP contribution < -0.4 is 14.4 Å². The molecule has 2 aliphatic heterocycles. The Kier molecular flexibility index (Phi) is 6.47. The number of aromatic nitrogens is 2. The van der Waals surface area contributed by atoms with E-state index in [9.17, 15) is 13.2 Å². The highest BCUT2D eigenvalue weighted by Gasteiger charge is 2.54. The average Bonchev–Trinajstić information content (AvgIpc) is 3.07. The maximum absolute atomic E-state index is 13.2. The maximum Gasteiger partial charge on any atom is 0.301 e. The fourth-order valence-corrected chi connectivity index (χ4v) is 7.02. The molecule has 2 fully saturated rings. The highest BCUT2D eigenvalue weighted by Crippen LogP contribution is 2.55. The van der Waals surface area contributed by atoms with Crippen LogP contribution >= 0.6 is 0 Å². The molecule has 6 rings (SSSR count). The molecule has 0 unspecified atom stereocenters. The molecule has 206 valence electrons. The lowest BCUT2D eigenvalue weighted by Crippen LogP contribution is -2.45. The van der Waals surface area contributed by atoms with Gasteiger partial charge < -0.3 is 14.5 Å². The molecule has 1 aliphatic carbocycles. The molecular formula is C28H34N6O4S. The Morgan fingerprint density at radius 1 is 1.08 bits per heavy atom. The summed E-state index contributed by atoms with van der Waals surface area (Å²) in [7, 11) is 2.11. The molecule has 1 amide bonds. The number of amides is 1. The smallest absolute Gasteiger partial charge is 0.301 e. The van der Waals surface area contributed by atoms with E-state index >= 15 is 0 Å². The number of benzene rings is 1. The van der Waals surface area contributed by atoms with Crippen LogP contribution in [-0.4, -0.2) is 80.9 Å². The fraction of sp³-hybridized carbons (Fsp3) is 0.464. The first-order valence-electron chi connectivity index (χ1n) is 13.5. The topological polar surface area (TPSA) is 108 Å². The largest absolute Gasteiger partial charge is 0.476 e. The van der Waals surface area contributed by atoms with E-state index in [-0.39, 0.29) is 11.8 Å². The van der Waals surface area contributed by atoms with Crippen molar-refractivity contribution >= 4 is 38.4 Å². The van der Waals surface area contributed by atoms with Crippen LogP contribution in [0.4, 0.5) is 11.4 Å². The summed E-state index contributed by atoms with van der Waals surface area (Å²) in [5.74, 6) is 0.397. The minimum atomic E-state index is -3.71. The summed E-state index contributed by atoms with van der Waals surface area (Å²) in [6, 6.07) is 7.74. The number of likely N-dealkylation sites (N-methyl/N-ethyl adjacent to an activating group) is 1. The number of hydrogen-bond donors (Lipinski definition) is 1. The van der Waals surface area contributed by atoms with Crippen LogP contribution in [0.3, 0.4) is 0 Å². The number of carbonyl (C=O) groups is 1. The van der Waals surface area contributed by atoms with Gasteiger partial charge in [0.05, 0.1) is 29.4 Å². The second-order valence-electron chi connectivity index (χ2n) is 11.0. The number of pyridine rings is 2. The molecule has 10 nitrogen and oxygen atoms in total. The lowest BCUT2D eigenvalue weighted by atomic mass is 9.64. The van der Waals surface area contributed by atoms with Gasteiger partial charge in [0.25, 0.3) is 0 Å². The summed E-state index contributed by atoms with van der Waals surface area (Å²) in [6.45, 7) is 2.26. The summed E-state index contributed by atoms with van der Waals surface area (Å²) < 4.78 is 36.0. The number of fused-ring (bicyclic) bond motifs is 4. The van der Waals surface area contributed by atoms with Crippen molar-refractivity contribution in [2.45, 2.75) is 37.5 Å². The standard InChI is InChI=1S/C28H34N6O4S/c1-32(2)11-6-14-38-26-23(31-39(36,37)34-12-5-13-34)16-20(17-30-26)19-7-8-22-21(15-19)25-24(18-29-22)33(3)27(35)28(25)9-4-10-28/h7-8,15-18,31H,4-6,9-14H2,1-3H3. The number of nitrogens with zero attached hydrogens (tertiary/aromatic N) is 5. The monoisotopic (exact) mass is 550 g/mol. The third-order valence-electron chi connectivity index (χ3n) is 8.18. The van der Waals surface area contributed by atoms with Gasteiger partial charge in [0.15, 0.2) is 0 Å². The highest BCUT2D eigenvalue weighted by molar-refractivity contribution is 7.90. The number of rotatable bonds is 9. The maximum atomic E-state index is 13.2. The molecule has 1 N–H and O–H groups in total. The average molecular weight is 551 g/mol. The van der Waals surface area contributed by atoms with Crippen molar-refractivity contribution in [3.8, 4) is 17.0 Å². The molecule has 1 spiro atoms. The van der Waals surface area contributed by atoms with Gasteiger partial charge >= 0.3 is 10.2 Å². The molecule has 3 aliphatic rings. The zero-order valence-corrected chi connectivity index (χ0v) is 23.4. The van der Waals surface area contributed by atoms with Crippen molar-refractivity contribution in [3.63, 3.8) is 0 Å². The Hall–Kier alpha value is -3.28. The highest BCUT2D eigenvalue weighted by atomic mass is 32.2. The fourth-order valence-electron chi connectivity index (χ4n) is 5.73. The van der Waals surface area contributed by atoms with Crippen LogP contribution in [0.2, 0.25) is 0 Å². The molecule has 0 bridgehead atoms. The minimum absolute atomic E-state index is 0.142. The quantitative estimate of drug-likeness (QED) is 0.407. The van der Waals surface area contributed by atoms with Gasteiger partial charge in [-0.05, 0) is 63.5 Å². The van der Waals surface area contributed by atoms with Gasteiger partial charge in [0.1, 0.15) is 5.69 Å². The zero-order valence-electron chi connectivity index (χ0n) is 22.6. The van der Waals surface area contributed by atoms with Crippen molar-refractivity contribution in [3.05, 3.63) is 42.2 Å². The van der Waals surface area contributed by atoms with Crippen molar-refractivity contribution in [1.82, 2.24) is 19.2 Å². The van der Waals surface area contributed by atoms with E-state index in [1.807, 2.05) is 33.3 Å². The van der Waals surface area contributed by atoms with Gasteiger partial charge in [0.2, 0.25) is 11.8 Å². The van der Waals surface area contributed by atoms with Gasteiger partial charge in [-0.3, -0.25) is 14.5 Å². The van der Waals surface area contributed by atoms with Crippen LogP contribution in [0.15, 0.2) is 36.7 Å².